The lowest BCUT2D eigenvalue weighted by Gasteiger charge is -2.36. The van der Waals surface area contributed by atoms with Crippen molar-refractivity contribution in [2.75, 3.05) is 6.61 Å². The Kier molecular flexibility index (Phi) is 7.00. The maximum absolute atomic E-state index is 11.9. The lowest BCUT2D eigenvalue weighted by atomic mass is 10.2. The normalized spacial score (nSPS) is 15.9. The van der Waals surface area contributed by atoms with Crippen LogP contribution in [0, 0.1) is 0 Å². The third-order valence-electron chi connectivity index (χ3n) is 3.05. The molecule has 5 N–H and O–H groups in total. The smallest absolute Gasteiger partial charge is 0.249 e. The molecular weight excluding hydrogens is 400 g/mol. The summed E-state index contributed by atoms with van der Waals surface area (Å²) in [4.78, 5) is 25.2. The molecule has 1 heterocycles. The highest BCUT2D eigenvalue weighted by molar-refractivity contribution is 8.93. The van der Waals surface area contributed by atoms with Crippen molar-refractivity contribution in [2.24, 2.45) is 21.5 Å². The van der Waals surface area contributed by atoms with Crippen molar-refractivity contribution in [3.8, 4) is 0 Å². The number of hydrogen-bond donors (Lipinski definition) is 3. The quantitative estimate of drug-likeness (QED) is 0.661. The van der Waals surface area contributed by atoms with E-state index in [1.807, 2.05) is 12.1 Å². The number of nitrogens with two attached hydrogens (primary N) is 2. The van der Waals surface area contributed by atoms with Gasteiger partial charge in [-0.05, 0) is 31.5 Å². The second-order valence-corrected chi connectivity index (χ2v) is 5.84. The Labute approximate surface area is 155 Å². The summed E-state index contributed by atoms with van der Waals surface area (Å²) >= 11 is 5.81. The van der Waals surface area contributed by atoms with Crippen LogP contribution in [0.1, 0.15) is 19.4 Å². The molecule has 8 nitrogen and oxygen atoms in total. The molecule has 132 valence electrons. The second kappa shape index (κ2) is 8.32. The Morgan fingerprint density at radius 1 is 1.33 bits per heavy atom. The Morgan fingerprint density at radius 3 is 2.54 bits per heavy atom. The number of carbonyl (C=O) groups is 1. The van der Waals surface area contributed by atoms with Crippen LogP contribution in [-0.2, 0) is 16.2 Å². The second-order valence-electron chi connectivity index (χ2n) is 5.41. The van der Waals surface area contributed by atoms with Gasteiger partial charge in [-0.3, -0.25) is 9.63 Å². The van der Waals surface area contributed by atoms with Crippen molar-refractivity contribution in [1.82, 2.24) is 10.4 Å². The van der Waals surface area contributed by atoms with Crippen LogP contribution in [0.3, 0.4) is 0 Å². The van der Waals surface area contributed by atoms with Gasteiger partial charge in [-0.2, -0.15) is 10.1 Å². The van der Waals surface area contributed by atoms with Gasteiger partial charge in [0.1, 0.15) is 0 Å². The van der Waals surface area contributed by atoms with E-state index in [4.69, 9.17) is 27.9 Å². The molecule has 10 heteroatoms. The first-order valence-electron chi connectivity index (χ1n) is 6.92. The summed E-state index contributed by atoms with van der Waals surface area (Å²) in [6.07, 6.45) is 0. The Bertz CT molecular complexity index is 647. The lowest BCUT2D eigenvalue weighted by molar-refractivity contribution is -0.168. The number of guanidine groups is 2. The molecule has 1 amide bonds. The largest absolute Gasteiger partial charge is 0.368 e. The molecule has 1 aromatic rings. The molecule has 0 atom stereocenters. The maximum Gasteiger partial charge on any atom is 0.249 e. The zero-order valence-corrected chi connectivity index (χ0v) is 15.8. The van der Waals surface area contributed by atoms with Crippen molar-refractivity contribution in [3.63, 3.8) is 0 Å². The summed E-state index contributed by atoms with van der Waals surface area (Å²) in [7, 11) is 0. The van der Waals surface area contributed by atoms with Crippen LogP contribution < -0.4 is 16.8 Å². The first kappa shape index (κ1) is 20.2. The van der Waals surface area contributed by atoms with Gasteiger partial charge in [-0.1, -0.05) is 23.7 Å². The minimum atomic E-state index is -0.841. The summed E-state index contributed by atoms with van der Waals surface area (Å²) < 4.78 is 0. The first-order valence-corrected chi connectivity index (χ1v) is 7.29. The highest BCUT2D eigenvalue weighted by Crippen LogP contribution is 2.19. The van der Waals surface area contributed by atoms with Crippen LogP contribution >= 0.6 is 28.6 Å². The number of halogens is 2. The molecular formula is C14H20BrClN6O2. The zero-order valence-electron chi connectivity index (χ0n) is 13.3. The summed E-state index contributed by atoms with van der Waals surface area (Å²) in [6.45, 7) is 3.64. The molecule has 0 unspecified atom stereocenters. The van der Waals surface area contributed by atoms with Crippen LogP contribution in [0.15, 0.2) is 34.3 Å². The fourth-order valence-corrected chi connectivity index (χ4v) is 2.12. The number of nitrogens with one attached hydrogen (secondary N) is 1. The van der Waals surface area contributed by atoms with E-state index in [0.717, 1.165) is 5.56 Å². The van der Waals surface area contributed by atoms with Gasteiger partial charge in [0.2, 0.25) is 17.8 Å². The molecule has 0 bridgehead atoms. The topological polar surface area (TPSA) is 118 Å². The molecule has 1 aromatic carbocycles. The van der Waals surface area contributed by atoms with Gasteiger partial charge in [-0.15, -0.1) is 17.0 Å². The molecule has 2 rings (SSSR count). The van der Waals surface area contributed by atoms with Crippen molar-refractivity contribution in [2.45, 2.75) is 26.1 Å². The monoisotopic (exact) mass is 418 g/mol. The van der Waals surface area contributed by atoms with E-state index in [1.54, 1.807) is 26.0 Å². The minimum absolute atomic E-state index is 0. The number of hydrogen-bond acceptors (Lipinski definition) is 7. The zero-order chi connectivity index (χ0) is 17.0. The third kappa shape index (κ3) is 5.36. The molecule has 0 aliphatic carbocycles. The minimum Gasteiger partial charge on any atom is -0.368 e. The van der Waals surface area contributed by atoms with E-state index in [2.05, 4.69) is 15.3 Å². The van der Waals surface area contributed by atoms with Crippen LogP contribution in [0.2, 0.25) is 5.02 Å². The molecule has 24 heavy (non-hydrogen) atoms. The average Bonchev–Trinajstić information content (AvgIpc) is 2.44. The van der Waals surface area contributed by atoms with Gasteiger partial charge in [0.15, 0.2) is 12.3 Å². The van der Waals surface area contributed by atoms with E-state index < -0.39 is 5.66 Å². The number of aliphatic imine (C=N–C) groups is 2. The predicted molar refractivity (Wildman–Crippen MR) is 98.7 cm³/mol. The molecule has 0 saturated heterocycles. The summed E-state index contributed by atoms with van der Waals surface area (Å²) in [5.41, 5.74) is 11.4. The van der Waals surface area contributed by atoms with Crippen LogP contribution in [-0.4, -0.2) is 35.2 Å². The first-order chi connectivity index (χ1) is 10.8. The molecule has 0 aromatic heterocycles. The maximum atomic E-state index is 11.9. The number of hydroxylamine groups is 2. The van der Waals surface area contributed by atoms with Crippen molar-refractivity contribution < 1.29 is 9.63 Å². The highest BCUT2D eigenvalue weighted by atomic mass is 79.9. The molecule has 0 radical (unpaired) electrons. The van der Waals surface area contributed by atoms with Gasteiger partial charge in [-0.25, -0.2) is 4.99 Å². The van der Waals surface area contributed by atoms with Gasteiger partial charge in [0, 0.05) is 11.6 Å². The van der Waals surface area contributed by atoms with Crippen LogP contribution in [0.4, 0.5) is 0 Å². The van der Waals surface area contributed by atoms with E-state index in [0.29, 0.717) is 11.6 Å². The van der Waals surface area contributed by atoms with Crippen molar-refractivity contribution in [1.29, 1.82) is 0 Å². The van der Waals surface area contributed by atoms with Crippen molar-refractivity contribution >= 4 is 46.4 Å². The molecule has 0 spiro atoms. The summed E-state index contributed by atoms with van der Waals surface area (Å²) in [5.74, 6) is -0.182. The Balaban J connectivity index is 0.00000288. The Morgan fingerprint density at radius 2 is 1.96 bits per heavy atom. The SMILES string of the molecule is Br.CC1(C)N=C(N)N=C(N)N1OCC(=O)NCc1ccc(Cl)cc1. The molecule has 1 aliphatic rings. The van der Waals surface area contributed by atoms with Crippen molar-refractivity contribution in [3.05, 3.63) is 34.9 Å². The molecule has 1 aliphatic heterocycles. The predicted octanol–water partition coefficient (Wildman–Crippen LogP) is 1.15. The van der Waals surface area contributed by atoms with E-state index in [9.17, 15) is 4.79 Å². The van der Waals surface area contributed by atoms with Gasteiger partial charge in [0.25, 0.3) is 0 Å². The van der Waals surface area contributed by atoms with E-state index >= 15 is 0 Å². The van der Waals surface area contributed by atoms with Crippen LogP contribution in [0.25, 0.3) is 0 Å². The molecule has 0 saturated carbocycles. The molecule has 0 fully saturated rings. The number of carbonyl (C=O) groups excluding carboxylic acids is 1. The van der Waals surface area contributed by atoms with Gasteiger partial charge in [0.05, 0.1) is 0 Å². The fraction of sp³-hybridized carbons (Fsp3) is 0.357. The summed E-state index contributed by atoms with van der Waals surface area (Å²) in [5, 5.41) is 4.63. The number of rotatable bonds is 5. The fourth-order valence-electron chi connectivity index (χ4n) is 2.00. The number of amides is 1. The van der Waals surface area contributed by atoms with Crippen LogP contribution in [0.5, 0.6) is 0 Å². The van der Waals surface area contributed by atoms with Gasteiger partial charge >= 0.3 is 0 Å². The number of benzene rings is 1. The number of nitrogens with zero attached hydrogens (tertiary/aromatic N) is 3. The van der Waals surface area contributed by atoms with E-state index in [1.165, 1.54) is 5.06 Å². The van der Waals surface area contributed by atoms with Gasteiger partial charge < -0.3 is 16.8 Å². The average molecular weight is 420 g/mol. The Hall–Kier alpha value is -1.84. The van der Waals surface area contributed by atoms with E-state index in [-0.39, 0.29) is 41.4 Å². The third-order valence-corrected chi connectivity index (χ3v) is 3.30. The summed E-state index contributed by atoms with van der Waals surface area (Å²) in [6, 6.07) is 7.18. The standard InChI is InChI=1S/C14H19ClN6O2.BrH/c1-14(2)20-12(16)19-13(17)21(14)23-8-11(22)18-7-9-3-5-10(15)6-4-9;/h3-6H,7-8H2,1-2H3,(H,18,22)(H4,16,17,19,20);1H. The lowest BCUT2D eigenvalue weighted by Crippen LogP contribution is -2.54. The highest BCUT2D eigenvalue weighted by Gasteiger charge is 2.33.